The van der Waals surface area contributed by atoms with Gasteiger partial charge in [0, 0.05) is 11.4 Å². The molecule has 0 radical (unpaired) electrons. The fourth-order valence-electron chi connectivity index (χ4n) is 3.36. The molecule has 0 aliphatic rings. The lowest BCUT2D eigenvalue weighted by Crippen LogP contribution is -2.23. The maximum absolute atomic E-state index is 13.3. The molecule has 0 aliphatic carbocycles. The number of rotatable bonds is 9. The van der Waals surface area contributed by atoms with Gasteiger partial charge in [-0.3, -0.25) is 9.36 Å². The molecule has 2 unspecified atom stereocenters. The van der Waals surface area contributed by atoms with E-state index in [1.54, 1.807) is 19.1 Å². The quantitative estimate of drug-likeness (QED) is 0.294. The van der Waals surface area contributed by atoms with E-state index < -0.39 is 17.3 Å². The van der Waals surface area contributed by atoms with Crippen molar-refractivity contribution in [2.45, 2.75) is 30.4 Å². The average molecular weight is 507 g/mol. The Hall–Kier alpha value is -4.18. The van der Waals surface area contributed by atoms with Crippen LogP contribution in [-0.4, -0.2) is 37.0 Å². The van der Waals surface area contributed by atoms with E-state index in [9.17, 15) is 14.0 Å². The maximum atomic E-state index is 13.3. The summed E-state index contributed by atoms with van der Waals surface area (Å²) in [7, 11) is 0. The summed E-state index contributed by atoms with van der Waals surface area (Å²) in [6, 6.07) is 21.1. The van der Waals surface area contributed by atoms with Crippen molar-refractivity contribution in [3.63, 3.8) is 0 Å². The van der Waals surface area contributed by atoms with Crippen molar-refractivity contribution in [3.8, 4) is 11.4 Å². The van der Waals surface area contributed by atoms with Crippen LogP contribution in [0.2, 0.25) is 0 Å². The molecule has 8 nitrogen and oxygen atoms in total. The van der Waals surface area contributed by atoms with E-state index >= 15 is 0 Å². The molecule has 36 heavy (non-hydrogen) atoms. The van der Waals surface area contributed by atoms with Crippen molar-refractivity contribution in [1.82, 2.24) is 14.8 Å². The lowest BCUT2D eigenvalue weighted by molar-refractivity contribution is -0.115. The van der Waals surface area contributed by atoms with Gasteiger partial charge in [-0.1, -0.05) is 30.0 Å². The Balaban J connectivity index is 1.54. The average Bonchev–Trinajstić information content (AvgIpc) is 3.30. The van der Waals surface area contributed by atoms with Gasteiger partial charge in [0.05, 0.1) is 10.8 Å². The number of aromatic carboxylic acids is 1. The summed E-state index contributed by atoms with van der Waals surface area (Å²) < 4.78 is 21.1. The first-order valence-corrected chi connectivity index (χ1v) is 11.9. The van der Waals surface area contributed by atoms with E-state index in [0.717, 1.165) is 5.69 Å². The largest absolute Gasteiger partial charge is 0.483 e. The molecular formula is C26H23FN4O4S. The Morgan fingerprint density at radius 1 is 0.972 bits per heavy atom. The molecule has 2 N–H and O–H groups in total. The summed E-state index contributed by atoms with van der Waals surface area (Å²) in [5, 5.41) is 20.4. The third-order valence-electron chi connectivity index (χ3n) is 5.21. The standard InChI is InChI=1S/C26H23FN4O4S/c1-16(35-22-14-10-19(27)11-15-22)23-29-30-26(31(23)21-6-4-3-5-7-21)36-17(2)24(32)28-20-12-8-18(9-13-20)25(33)34/h3-17H,1-2H3,(H,28,32)(H,33,34). The SMILES string of the molecule is CC(Sc1nnc(C(C)Oc2ccc(F)cc2)n1-c1ccccc1)C(=O)Nc1ccc(C(=O)O)cc1. The molecule has 1 aromatic heterocycles. The van der Waals surface area contributed by atoms with Crippen molar-refractivity contribution < 1.29 is 23.8 Å². The highest BCUT2D eigenvalue weighted by molar-refractivity contribution is 8.00. The number of aromatic nitrogens is 3. The fourth-order valence-corrected chi connectivity index (χ4v) is 4.24. The zero-order valence-corrected chi connectivity index (χ0v) is 20.3. The van der Waals surface area contributed by atoms with Gasteiger partial charge in [-0.25, -0.2) is 9.18 Å². The molecule has 4 aromatic rings. The predicted molar refractivity (Wildman–Crippen MR) is 134 cm³/mol. The molecule has 0 fully saturated rings. The summed E-state index contributed by atoms with van der Waals surface area (Å²) in [5.74, 6) is -0.660. The van der Waals surface area contributed by atoms with Crippen molar-refractivity contribution >= 4 is 29.3 Å². The number of hydrogen-bond acceptors (Lipinski definition) is 6. The van der Waals surface area contributed by atoms with Crippen molar-refractivity contribution in [3.05, 3.63) is 96.1 Å². The van der Waals surface area contributed by atoms with Crippen LogP contribution >= 0.6 is 11.8 Å². The van der Waals surface area contributed by atoms with Crippen LogP contribution in [0.3, 0.4) is 0 Å². The topological polar surface area (TPSA) is 106 Å². The number of benzene rings is 3. The number of carboxylic acids is 1. The molecule has 184 valence electrons. The number of thioether (sulfide) groups is 1. The van der Waals surface area contributed by atoms with E-state index in [1.165, 1.54) is 48.2 Å². The smallest absolute Gasteiger partial charge is 0.335 e. The first-order valence-electron chi connectivity index (χ1n) is 11.1. The lowest BCUT2D eigenvalue weighted by atomic mass is 10.2. The molecule has 0 saturated heterocycles. The molecule has 1 heterocycles. The Labute approximate surface area is 211 Å². The second-order valence-corrected chi connectivity index (χ2v) is 9.17. The molecule has 0 spiro atoms. The number of carbonyl (C=O) groups is 2. The minimum absolute atomic E-state index is 0.135. The Kier molecular flexibility index (Phi) is 7.65. The van der Waals surface area contributed by atoms with Crippen molar-refractivity contribution in [2.75, 3.05) is 5.32 Å². The molecule has 1 amide bonds. The van der Waals surface area contributed by atoms with Crippen LogP contribution in [0.5, 0.6) is 5.75 Å². The number of ether oxygens (including phenoxy) is 1. The summed E-state index contributed by atoms with van der Waals surface area (Å²) >= 11 is 1.22. The Morgan fingerprint density at radius 3 is 2.28 bits per heavy atom. The first kappa shape index (κ1) is 24.9. The molecule has 2 atom stereocenters. The molecule has 4 rings (SSSR count). The van der Waals surface area contributed by atoms with Gasteiger partial charge in [0.15, 0.2) is 17.1 Å². The van der Waals surface area contributed by atoms with Gasteiger partial charge in [0.1, 0.15) is 11.6 Å². The molecule has 10 heteroatoms. The number of nitrogens with one attached hydrogen (secondary N) is 1. The minimum Gasteiger partial charge on any atom is -0.483 e. The number of carboxylic acid groups (broad SMARTS) is 1. The molecule has 0 saturated carbocycles. The number of anilines is 1. The number of nitrogens with zero attached hydrogens (tertiary/aromatic N) is 3. The highest BCUT2D eigenvalue weighted by Gasteiger charge is 2.24. The maximum Gasteiger partial charge on any atom is 0.335 e. The summed E-state index contributed by atoms with van der Waals surface area (Å²) in [6.07, 6.45) is -0.519. The third-order valence-corrected chi connectivity index (χ3v) is 6.26. The highest BCUT2D eigenvalue weighted by Crippen LogP contribution is 2.30. The molecular weight excluding hydrogens is 483 g/mol. The second-order valence-electron chi connectivity index (χ2n) is 7.86. The summed E-state index contributed by atoms with van der Waals surface area (Å²) in [4.78, 5) is 23.9. The van der Waals surface area contributed by atoms with E-state index in [1.807, 2.05) is 41.8 Å². The van der Waals surface area contributed by atoms with Gasteiger partial charge >= 0.3 is 5.97 Å². The van der Waals surface area contributed by atoms with Crippen molar-refractivity contribution in [1.29, 1.82) is 0 Å². The fraction of sp³-hybridized carbons (Fsp3) is 0.154. The highest BCUT2D eigenvalue weighted by atomic mass is 32.2. The van der Waals surface area contributed by atoms with Gasteiger partial charge in [0.25, 0.3) is 0 Å². The van der Waals surface area contributed by atoms with Crippen LogP contribution in [0.1, 0.15) is 36.1 Å². The van der Waals surface area contributed by atoms with Crippen LogP contribution in [0.4, 0.5) is 10.1 Å². The number of amides is 1. The first-order chi connectivity index (χ1) is 17.3. The van der Waals surface area contributed by atoms with Crippen LogP contribution in [-0.2, 0) is 4.79 Å². The lowest BCUT2D eigenvalue weighted by Gasteiger charge is -2.17. The van der Waals surface area contributed by atoms with Gasteiger partial charge in [-0.05, 0) is 74.5 Å². The Morgan fingerprint density at radius 2 is 1.64 bits per heavy atom. The van der Waals surface area contributed by atoms with E-state index in [0.29, 0.717) is 22.4 Å². The van der Waals surface area contributed by atoms with E-state index in [-0.39, 0.29) is 17.3 Å². The van der Waals surface area contributed by atoms with Crippen LogP contribution in [0.15, 0.2) is 84.0 Å². The van der Waals surface area contributed by atoms with Gasteiger partial charge in [0.2, 0.25) is 5.91 Å². The summed E-state index contributed by atoms with van der Waals surface area (Å²) in [5.41, 5.74) is 1.42. The number of carbonyl (C=O) groups excluding carboxylic acids is 1. The normalized spacial score (nSPS) is 12.5. The second kappa shape index (κ2) is 11.0. The zero-order chi connectivity index (χ0) is 25.7. The van der Waals surface area contributed by atoms with Gasteiger partial charge in [-0.2, -0.15) is 0 Å². The third kappa shape index (κ3) is 5.89. The zero-order valence-electron chi connectivity index (χ0n) is 19.5. The van der Waals surface area contributed by atoms with Crippen molar-refractivity contribution in [2.24, 2.45) is 0 Å². The van der Waals surface area contributed by atoms with Crippen LogP contribution in [0.25, 0.3) is 5.69 Å². The number of para-hydroxylation sites is 1. The Bertz CT molecular complexity index is 1340. The van der Waals surface area contributed by atoms with E-state index in [4.69, 9.17) is 9.84 Å². The van der Waals surface area contributed by atoms with Crippen LogP contribution < -0.4 is 10.1 Å². The number of halogens is 1. The monoisotopic (exact) mass is 506 g/mol. The summed E-state index contributed by atoms with van der Waals surface area (Å²) in [6.45, 7) is 3.56. The van der Waals surface area contributed by atoms with Gasteiger partial charge in [-0.15, -0.1) is 10.2 Å². The molecule has 0 aliphatic heterocycles. The van der Waals surface area contributed by atoms with E-state index in [2.05, 4.69) is 15.5 Å². The van der Waals surface area contributed by atoms with Crippen LogP contribution in [0, 0.1) is 5.82 Å². The van der Waals surface area contributed by atoms with Gasteiger partial charge < -0.3 is 15.2 Å². The minimum atomic E-state index is -1.04. The predicted octanol–water partition coefficient (Wildman–Crippen LogP) is 5.36. The molecule has 3 aromatic carbocycles. The number of hydrogen-bond donors (Lipinski definition) is 2. The molecule has 0 bridgehead atoms.